The Kier molecular flexibility index (Phi) is 6.44. The van der Waals surface area contributed by atoms with Crippen LogP contribution in [0.25, 0.3) is 10.9 Å². The Labute approximate surface area is 188 Å². The predicted molar refractivity (Wildman–Crippen MR) is 126 cm³/mol. The van der Waals surface area contributed by atoms with Crippen molar-refractivity contribution >= 4 is 28.5 Å². The van der Waals surface area contributed by atoms with Crippen LogP contribution < -0.4 is 14.8 Å². The molecule has 1 amide bonds. The number of ether oxygens (including phenoxy) is 2. The van der Waals surface area contributed by atoms with E-state index in [1.807, 2.05) is 38.1 Å². The summed E-state index contributed by atoms with van der Waals surface area (Å²) in [6.45, 7) is 7.59. The van der Waals surface area contributed by atoms with Crippen LogP contribution in [0.15, 0.2) is 36.7 Å². The maximum atomic E-state index is 12.9. The molecule has 7 nitrogen and oxygen atoms in total. The predicted octanol–water partition coefficient (Wildman–Crippen LogP) is 5.62. The average molecular weight is 435 g/mol. The molecule has 3 aromatic rings. The van der Waals surface area contributed by atoms with Gasteiger partial charge in [0.05, 0.1) is 12.6 Å². The number of hydrogen-bond donors (Lipinski definition) is 1. The number of carbonyl (C=O) groups is 1. The fourth-order valence-electron chi connectivity index (χ4n) is 4.19. The number of aryl methyl sites for hydroxylation is 2. The molecule has 32 heavy (non-hydrogen) atoms. The van der Waals surface area contributed by atoms with E-state index in [0.717, 1.165) is 49.0 Å². The Bertz CT molecular complexity index is 1110. The minimum absolute atomic E-state index is 0.342. The van der Waals surface area contributed by atoms with Gasteiger partial charge in [-0.05, 0) is 44.7 Å². The molecule has 1 fully saturated rings. The van der Waals surface area contributed by atoms with Gasteiger partial charge in [0.1, 0.15) is 12.1 Å². The van der Waals surface area contributed by atoms with E-state index in [2.05, 4.69) is 22.2 Å². The maximum absolute atomic E-state index is 12.9. The number of carbonyl (C=O) groups excluding carboxylic acids is 1. The molecule has 0 spiro atoms. The number of hydrogen-bond acceptors (Lipinski definition) is 6. The van der Waals surface area contributed by atoms with E-state index in [-0.39, 0.29) is 6.09 Å². The first-order valence-corrected chi connectivity index (χ1v) is 11.1. The number of nitrogens with one attached hydrogen (secondary N) is 1. The second-order valence-corrected chi connectivity index (χ2v) is 8.35. The molecule has 0 saturated carbocycles. The number of piperidine rings is 1. The minimum Gasteiger partial charge on any atom is -0.493 e. The number of benzene rings is 2. The van der Waals surface area contributed by atoms with Gasteiger partial charge in [-0.1, -0.05) is 31.0 Å². The lowest BCUT2D eigenvalue weighted by Gasteiger charge is -2.31. The zero-order valence-corrected chi connectivity index (χ0v) is 19.1. The Morgan fingerprint density at radius 2 is 1.88 bits per heavy atom. The van der Waals surface area contributed by atoms with Gasteiger partial charge in [-0.15, -0.1) is 0 Å². The molecule has 1 saturated heterocycles. The van der Waals surface area contributed by atoms with Gasteiger partial charge < -0.3 is 19.7 Å². The van der Waals surface area contributed by atoms with Crippen molar-refractivity contribution < 1.29 is 14.3 Å². The van der Waals surface area contributed by atoms with Gasteiger partial charge in [0.2, 0.25) is 0 Å². The number of likely N-dealkylation sites (tertiary alicyclic amines) is 1. The number of amides is 1. The van der Waals surface area contributed by atoms with E-state index in [4.69, 9.17) is 9.47 Å². The molecule has 0 aliphatic carbocycles. The molecule has 2 heterocycles. The summed E-state index contributed by atoms with van der Waals surface area (Å²) in [7, 11) is 1.57. The molecule has 0 atom stereocenters. The summed E-state index contributed by atoms with van der Waals surface area (Å²) in [5.41, 5.74) is 3.57. The van der Waals surface area contributed by atoms with Crippen LogP contribution in [0, 0.1) is 19.8 Å². The average Bonchev–Trinajstić information content (AvgIpc) is 2.82. The third-order valence-corrected chi connectivity index (χ3v) is 6.26. The third-order valence-electron chi connectivity index (χ3n) is 6.26. The van der Waals surface area contributed by atoms with E-state index < -0.39 is 0 Å². The molecule has 1 aliphatic rings. The van der Waals surface area contributed by atoms with E-state index >= 15 is 0 Å². The zero-order valence-electron chi connectivity index (χ0n) is 19.1. The Balaban J connectivity index is 1.66. The smallest absolute Gasteiger partial charge is 0.415 e. The quantitative estimate of drug-likeness (QED) is 0.562. The van der Waals surface area contributed by atoms with E-state index in [0.29, 0.717) is 28.8 Å². The monoisotopic (exact) mass is 434 g/mol. The van der Waals surface area contributed by atoms with Crippen molar-refractivity contribution in [2.45, 2.75) is 40.0 Å². The SMILES string of the molecule is CCC1CCN(C(=O)Oc2c(OC)cc3ncnc(Nc4ccc(C)cc4)c3c2C)CC1. The number of rotatable bonds is 5. The first-order chi connectivity index (χ1) is 15.5. The van der Waals surface area contributed by atoms with Crippen molar-refractivity contribution in [3.05, 3.63) is 47.8 Å². The second-order valence-electron chi connectivity index (χ2n) is 8.35. The van der Waals surface area contributed by atoms with Crippen molar-refractivity contribution in [2.24, 2.45) is 5.92 Å². The summed E-state index contributed by atoms with van der Waals surface area (Å²) in [6.07, 6.45) is 4.35. The molecule has 168 valence electrons. The number of aromatic nitrogens is 2. The summed E-state index contributed by atoms with van der Waals surface area (Å²) in [5.74, 6) is 2.22. The molecule has 1 N–H and O–H groups in total. The van der Waals surface area contributed by atoms with Crippen molar-refractivity contribution in [1.29, 1.82) is 0 Å². The lowest BCUT2D eigenvalue weighted by atomic mass is 9.95. The van der Waals surface area contributed by atoms with Gasteiger partial charge in [0.25, 0.3) is 0 Å². The molecule has 2 aromatic carbocycles. The van der Waals surface area contributed by atoms with Crippen LogP contribution in [0.1, 0.15) is 37.3 Å². The standard InChI is InChI=1S/C25H30N4O3/c1-5-18-10-12-29(13-11-18)25(30)32-23-17(3)22-20(14-21(23)31-4)26-15-27-24(22)28-19-8-6-16(2)7-9-19/h6-9,14-15,18H,5,10-13H2,1-4H3,(H,26,27,28). The lowest BCUT2D eigenvalue weighted by Crippen LogP contribution is -2.40. The number of anilines is 2. The molecule has 1 aliphatic heterocycles. The molecule has 0 radical (unpaired) electrons. The molecular weight excluding hydrogens is 404 g/mol. The fourth-order valence-corrected chi connectivity index (χ4v) is 4.19. The van der Waals surface area contributed by atoms with Gasteiger partial charge in [-0.2, -0.15) is 0 Å². The highest BCUT2D eigenvalue weighted by Crippen LogP contribution is 2.39. The van der Waals surface area contributed by atoms with Crippen LogP contribution in [0.2, 0.25) is 0 Å². The highest BCUT2D eigenvalue weighted by Gasteiger charge is 2.26. The molecule has 0 bridgehead atoms. The minimum atomic E-state index is -0.342. The van der Waals surface area contributed by atoms with Crippen molar-refractivity contribution in [1.82, 2.24) is 14.9 Å². The van der Waals surface area contributed by atoms with Crippen LogP contribution in [0.3, 0.4) is 0 Å². The van der Waals surface area contributed by atoms with Gasteiger partial charge in [-0.3, -0.25) is 0 Å². The Morgan fingerprint density at radius 3 is 2.53 bits per heavy atom. The number of nitrogens with zero attached hydrogens (tertiary/aromatic N) is 3. The second kappa shape index (κ2) is 9.42. The van der Waals surface area contributed by atoms with E-state index in [9.17, 15) is 4.79 Å². The summed E-state index contributed by atoms with van der Waals surface area (Å²) in [5, 5.41) is 4.16. The summed E-state index contributed by atoms with van der Waals surface area (Å²) in [6, 6.07) is 9.87. The lowest BCUT2D eigenvalue weighted by molar-refractivity contribution is 0.129. The Hall–Kier alpha value is -3.35. The normalized spacial score (nSPS) is 14.4. The van der Waals surface area contributed by atoms with Crippen LogP contribution in [-0.4, -0.2) is 41.2 Å². The summed E-state index contributed by atoms with van der Waals surface area (Å²) >= 11 is 0. The molecule has 7 heteroatoms. The van der Waals surface area contributed by atoms with Crippen molar-refractivity contribution in [2.75, 3.05) is 25.5 Å². The molecule has 1 aromatic heterocycles. The van der Waals surface area contributed by atoms with Gasteiger partial charge >= 0.3 is 6.09 Å². The summed E-state index contributed by atoms with van der Waals surface area (Å²) < 4.78 is 11.4. The molecular formula is C25H30N4O3. The number of methoxy groups -OCH3 is 1. The van der Waals surface area contributed by atoms with Gasteiger partial charge in [0.15, 0.2) is 11.5 Å². The zero-order chi connectivity index (χ0) is 22.7. The molecule has 0 unspecified atom stereocenters. The van der Waals surface area contributed by atoms with Crippen LogP contribution >= 0.6 is 0 Å². The van der Waals surface area contributed by atoms with Crippen molar-refractivity contribution in [3.63, 3.8) is 0 Å². The molecule has 4 rings (SSSR count). The highest BCUT2D eigenvalue weighted by molar-refractivity contribution is 5.97. The first kappa shape index (κ1) is 21.9. The van der Waals surface area contributed by atoms with Gasteiger partial charge in [0, 0.05) is 35.8 Å². The highest BCUT2D eigenvalue weighted by atomic mass is 16.6. The first-order valence-electron chi connectivity index (χ1n) is 11.1. The fraction of sp³-hybridized carbons (Fsp3) is 0.400. The third kappa shape index (κ3) is 4.47. The van der Waals surface area contributed by atoms with Crippen LogP contribution in [0.5, 0.6) is 11.5 Å². The van der Waals surface area contributed by atoms with Crippen LogP contribution in [0.4, 0.5) is 16.3 Å². The Morgan fingerprint density at radius 1 is 1.16 bits per heavy atom. The maximum Gasteiger partial charge on any atom is 0.415 e. The summed E-state index contributed by atoms with van der Waals surface area (Å²) in [4.78, 5) is 23.6. The topological polar surface area (TPSA) is 76.6 Å². The van der Waals surface area contributed by atoms with Crippen molar-refractivity contribution in [3.8, 4) is 11.5 Å². The van der Waals surface area contributed by atoms with Crippen LogP contribution in [-0.2, 0) is 0 Å². The largest absolute Gasteiger partial charge is 0.493 e. The van der Waals surface area contributed by atoms with E-state index in [1.165, 1.54) is 11.9 Å². The van der Waals surface area contributed by atoms with Gasteiger partial charge in [-0.25, -0.2) is 14.8 Å². The number of fused-ring (bicyclic) bond motifs is 1. The van der Waals surface area contributed by atoms with E-state index in [1.54, 1.807) is 18.1 Å².